The molecule has 2 fully saturated rings. The van der Waals surface area contributed by atoms with Crippen molar-refractivity contribution in [2.75, 3.05) is 0 Å². The van der Waals surface area contributed by atoms with Crippen LogP contribution in [0, 0.1) is 5.82 Å². The van der Waals surface area contributed by atoms with Crippen LogP contribution in [0.25, 0.3) is 0 Å². The van der Waals surface area contributed by atoms with Gasteiger partial charge in [-0.15, -0.1) is 0 Å². The minimum atomic E-state index is -0.180. The molecule has 2 atom stereocenters. The second-order valence-electron chi connectivity index (χ2n) is 6.71. The lowest BCUT2D eigenvalue weighted by Crippen LogP contribution is -2.46. The topological polar surface area (TPSA) is 20.3 Å². The number of hydrogen-bond acceptors (Lipinski definition) is 2. The van der Waals surface area contributed by atoms with E-state index in [9.17, 15) is 9.18 Å². The van der Waals surface area contributed by atoms with Crippen LogP contribution >= 0.6 is 11.3 Å². The van der Waals surface area contributed by atoms with E-state index in [1.165, 1.54) is 5.56 Å². The standard InChI is InChI=1S/C19H20FNOS/c20-16-3-1-14(2-4-16)15-10-17-5-6-18(11-15)21(17)19(22)9-13-7-8-23-12-13/h1-4,7-8,12,15,17-18H,5-6,9-11H2. The van der Waals surface area contributed by atoms with Crippen LogP contribution in [0.15, 0.2) is 41.1 Å². The first kappa shape index (κ1) is 14.9. The number of halogens is 1. The van der Waals surface area contributed by atoms with Crippen molar-refractivity contribution in [1.82, 2.24) is 4.90 Å². The fraction of sp³-hybridized carbons (Fsp3) is 0.421. The number of nitrogens with zero attached hydrogens (tertiary/aromatic N) is 1. The Morgan fingerprint density at radius 1 is 1.13 bits per heavy atom. The summed E-state index contributed by atoms with van der Waals surface area (Å²) in [5.74, 6) is 0.548. The van der Waals surface area contributed by atoms with Crippen LogP contribution in [-0.4, -0.2) is 22.9 Å². The van der Waals surface area contributed by atoms with E-state index in [1.807, 2.05) is 23.6 Å². The van der Waals surface area contributed by atoms with Crippen molar-refractivity contribution < 1.29 is 9.18 Å². The maximum atomic E-state index is 13.1. The van der Waals surface area contributed by atoms with Crippen molar-refractivity contribution >= 4 is 17.2 Å². The molecule has 4 rings (SSSR count). The molecule has 4 heteroatoms. The third kappa shape index (κ3) is 2.92. The highest BCUT2D eigenvalue weighted by atomic mass is 32.1. The Kier molecular flexibility index (Phi) is 3.93. The molecule has 0 radical (unpaired) electrons. The largest absolute Gasteiger partial charge is 0.336 e. The Balaban J connectivity index is 1.47. The molecule has 2 aliphatic heterocycles. The van der Waals surface area contributed by atoms with E-state index in [4.69, 9.17) is 0 Å². The number of amides is 1. The Morgan fingerprint density at radius 3 is 2.43 bits per heavy atom. The predicted octanol–water partition coefficient (Wildman–Crippen LogP) is 4.37. The zero-order valence-corrected chi connectivity index (χ0v) is 13.8. The molecule has 2 nitrogen and oxygen atoms in total. The van der Waals surface area contributed by atoms with Crippen molar-refractivity contribution in [3.05, 3.63) is 58.0 Å². The maximum absolute atomic E-state index is 13.1. The molecule has 0 saturated carbocycles. The van der Waals surface area contributed by atoms with Gasteiger partial charge in [-0.1, -0.05) is 12.1 Å². The highest BCUT2D eigenvalue weighted by Gasteiger charge is 2.43. The molecule has 0 N–H and O–H groups in total. The summed E-state index contributed by atoms with van der Waals surface area (Å²) in [6, 6.07) is 9.65. The number of thiophene rings is 1. The Labute approximate surface area is 139 Å². The van der Waals surface area contributed by atoms with Gasteiger partial charge >= 0.3 is 0 Å². The number of hydrogen-bond donors (Lipinski definition) is 0. The SMILES string of the molecule is O=C(Cc1ccsc1)N1C2CCC1CC(c1ccc(F)cc1)C2. The minimum absolute atomic E-state index is 0.180. The first-order valence-corrected chi connectivity index (χ1v) is 9.22. The fourth-order valence-electron chi connectivity index (χ4n) is 4.25. The Bertz CT molecular complexity index is 668. The van der Waals surface area contributed by atoms with Crippen molar-refractivity contribution in [3.63, 3.8) is 0 Å². The summed E-state index contributed by atoms with van der Waals surface area (Å²) in [5, 5.41) is 4.09. The van der Waals surface area contributed by atoms with E-state index in [2.05, 4.69) is 10.3 Å². The van der Waals surface area contributed by atoms with Crippen molar-refractivity contribution in [2.24, 2.45) is 0 Å². The first-order chi connectivity index (χ1) is 11.2. The van der Waals surface area contributed by atoms with Crippen LogP contribution in [-0.2, 0) is 11.2 Å². The van der Waals surface area contributed by atoms with Crippen molar-refractivity contribution in [2.45, 2.75) is 50.1 Å². The van der Waals surface area contributed by atoms with E-state index in [0.717, 1.165) is 31.2 Å². The van der Waals surface area contributed by atoms with E-state index < -0.39 is 0 Å². The number of benzene rings is 1. The van der Waals surface area contributed by atoms with Gasteiger partial charge in [0.25, 0.3) is 0 Å². The van der Waals surface area contributed by atoms with Crippen LogP contribution in [0.3, 0.4) is 0 Å². The zero-order valence-electron chi connectivity index (χ0n) is 13.0. The smallest absolute Gasteiger partial charge is 0.227 e. The number of rotatable bonds is 3. The average Bonchev–Trinajstić information content (AvgIpc) is 3.14. The summed E-state index contributed by atoms with van der Waals surface area (Å²) >= 11 is 1.64. The highest BCUT2D eigenvalue weighted by Crippen LogP contribution is 2.43. The number of piperidine rings is 1. The highest BCUT2D eigenvalue weighted by molar-refractivity contribution is 7.08. The minimum Gasteiger partial charge on any atom is -0.336 e. The molecule has 1 aromatic heterocycles. The molecule has 2 aromatic rings. The molecule has 1 amide bonds. The molecule has 0 spiro atoms. The van der Waals surface area contributed by atoms with Gasteiger partial charge in [0.2, 0.25) is 5.91 Å². The molecule has 0 aliphatic carbocycles. The summed E-state index contributed by atoms with van der Waals surface area (Å²) < 4.78 is 13.1. The molecule has 23 heavy (non-hydrogen) atoms. The van der Waals surface area contributed by atoms with Gasteiger partial charge in [0, 0.05) is 12.1 Å². The Hall–Kier alpha value is -1.68. The molecule has 1 aromatic carbocycles. The van der Waals surface area contributed by atoms with Crippen molar-refractivity contribution in [3.8, 4) is 0 Å². The average molecular weight is 329 g/mol. The fourth-order valence-corrected chi connectivity index (χ4v) is 4.92. The first-order valence-electron chi connectivity index (χ1n) is 8.28. The number of fused-ring (bicyclic) bond motifs is 2. The van der Waals surface area contributed by atoms with Crippen LogP contribution in [0.4, 0.5) is 4.39 Å². The van der Waals surface area contributed by atoms with Gasteiger partial charge in [-0.25, -0.2) is 4.39 Å². The van der Waals surface area contributed by atoms with Gasteiger partial charge in [-0.3, -0.25) is 4.79 Å². The molecule has 2 aliphatic rings. The van der Waals surface area contributed by atoms with Gasteiger partial charge in [-0.05, 0) is 71.7 Å². The zero-order chi connectivity index (χ0) is 15.8. The van der Waals surface area contributed by atoms with Crippen LogP contribution < -0.4 is 0 Å². The summed E-state index contributed by atoms with van der Waals surface area (Å²) in [6.45, 7) is 0. The van der Waals surface area contributed by atoms with E-state index >= 15 is 0 Å². The number of carbonyl (C=O) groups excluding carboxylic acids is 1. The second kappa shape index (κ2) is 6.08. The quantitative estimate of drug-likeness (QED) is 0.819. The molecule has 2 bridgehead atoms. The molecule has 3 heterocycles. The maximum Gasteiger partial charge on any atom is 0.227 e. The normalized spacial score (nSPS) is 26.5. The summed E-state index contributed by atoms with van der Waals surface area (Å²) in [6.07, 6.45) is 4.77. The van der Waals surface area contributed by atoms with Gasteiger partial charge < -0.3 is 4.90 Å². The van der Waals surface area contributed by atoms with Crippen LogP contribution in [0.1, 0.15) is 42.7 Å². The van der Waals surface area contributed by atoms with Gasteiger partial charge in [0.15, 0.2) is 0 Å². The van der Waals surface area contributed by atoms with Gasteiger partial charge in [0.1, 0.15) is 5.82 Å². The summed E-state index contributed by atoms with van der Waals surface area (Å²) in [7, 11) is 0. The molecular formula is C19H20FNOS. The lowest BCUT2D eigenvalue weighted by atomic mass is 9.85. The molecule has 2 saturated heterocycles. The third-order valence-corrected chi connectivity index (χ3v) is 6.03. The molecular weight excluding hydrogens is 309 g/mol. The lowest BCUT2D eigenvalue weighted by molar-refractivity contribution is -0.135. The van der Waals surface area contributed by atoms with E-state index in [0.29, 0.717) is 24.4 Å². The third-order valence-electron chi connectivity index (χ3n) is 5.30. The van der Waals surface area contributed by atoms with Crippen LogP contribution in [0.5, 0.6) is 0 Å². The van der Waals surface area contributed by atoms with Gasteiger partial charge in [0.05, 0.1) is 6.42 Å². The second-order valence-corrected chi connectivity index (χ2v) is 7.49. The molecule has 2 unspecified atom stereocenters. The van der Waals surface area contributed by atoms with E-state index in [-0.39, 0.29) is 11.7 Å². The summed E-state index contributed by atoms with van der Waals surface area (Å²) in [5.41, 5.74) is 2.34. The summed E-state index contributed by atoms with van der Waals surface area (Å²) in [4.78, 5) is 14.8. The Morgan fingerprint density at radius 2 is 1.83 bits per heavy atom. The van der Waals surface area contributed by atoms with Crippen molar-refractivity contribution in [1.29, 1.82) is 0 Å². The van der Waals surface area contributed by atoms with Gasteiger partial charge in [-0.2, -0.15) is 11.3 Å². The van der Waals surface area contributed by atoms with E-state index in [1.54, 1.807) is 23.5 Å². The lowest BCUT2D eigenvalue weighted by Gasteiger charge is -2.39. The number of carbonyl (C=O) groups is 1. The monoisotopic (exact) mass is 329 g/mol. The predicted molar refractivity (Wildman–Crippen MR) is 90.1 cm³/mol. The van der Waals surface area contributed by atoms with Crippen LogP contribution in [0.2, 0.25) is 0 Å². The molecule has 120 valence electrons.